The van der Waals surface area contributed by atoms with Gasteiger partial charge in [-0.2, -0.15) is 0 Å². The minimum atomic E-state index is -1.56. The molecule has 0 unspecified atom stereocenters. The second-order valence-electron chi connectivity index (χ2n) is 7.48. The predicted molar refractivity (Wildman–Crippen MR) is 83.9 cm³/mol. The molecule has 0 aromatic carbocycles. The summed E-state index contributed by atoms with van der Waals surface area (Å²) in [6.07, 6.45) is -4.37. The molecular weight excluding hydrogens is 352 g/mol. The van der Waals surface area contributed by atoms with Crippen LogP contribution in [0.4, 0.5) is 0 Å². The van der Waals surface area contributed by atoms with E-state index in [-0.39, 0.29) is 6.61 Å². The van der Waals surface area contributed by atoms with Crippen molar-refractivity contribution in [3.8, 4) is 0 Å². The summed E-state index contributed by atoms with van der Waals surface area (Å²) in [7, 11) is 0. The Balaban J connectivity index is 2.38. The summed E-state index contributed by atoms with van der Waals surface area (Å²) in [5, 5.41) is 13.2. The van der Waals surface area contributed by atoms with Crippen molar-refractivity contribution in [3.63, 3.8) is 0 Å². The normalized spacial score (nSPS) is 33.3. The number of nitrogens with zero attached hydrogens (tertiary/aromatic N) is 4. The van der Waals surface area contributed by atoms with E-state index in [9.17, 15) is 14.9 Å². The summed E-state index contributed by atoms with van der Waals surface area (Å²) in [6.45, 7) is 8.29. The van der Waals surface area contributed by atoms with Gasteiger partial charge in [0, 0.05) is 4.91 Å². The van der Waals surface area contributed by atoms with E-state index in [1.54, 1.807) is 34.6 Å². The Morgan fingerprint density at radius 2 is 2.08 bits per heavy atom. The highest BCUT2D eigenvalue weighted by atomic mass is 17.0. The molecule has 0 aromatic rings. The minimum Gasteiger partial charge on any atom is -0.458 e. The fourth-order valence-electron chi connectivity index (χ4n) is 2.60. The van der Waals surface area contributed by atoms with E-state index < -0.39 is 52.9 Å². The maximum absolute atomic E-state index is 12.4. The summed E-state index contributed by atoms with van der Waals surface area (Å²) < 4.78 is 22.3. The molecule has 0 bridgehead atoms. The molecule has 0 spiro atoms. The number of carbonyl (C=O) groups excluding carboxylic acids is 1. The molecule has 2 heterocycles. The second kappa shape index (κ2) is 7.23. The molecule has 0 aliphatic carbocycles. The summed E-state index contributed by atoms with van der Waals surface area (Å²) in [6, 6.07) is -1.31. The number of azide groups is 1. The zero-order valence-corrected chi connectivity index (χ0v) is 15.1. The van der Waals surface area contributed by atoms with Crippen molar-refractivity contribution in [3.05, 3.63) is 20.6 Å². The van der Waals surface area contributed by atoms with Gasteiger partial charge < -0.3 is 18.9 Å². The molecule has 12 nitrogen and oxygen atoms in total. The quantitative estimate of drug-likeness (QED) is 0.180. The van der Waals surface area contributed by atoms with E-state index in [4.69, 9.17) is 24.5 Å². The first-order valence-corrected chi connectivity index (χ1v) is 7.98. The molecule has 5 atom stereocenters. The van der Waals surface area contributed by atoms with Gasteiger partial charge in [-0.15, -0.1) is 10.1 Å². The smallest absolute Gasteiger partial charge is 0.311 e. The highest BCUT2D eigenvalue weighted by molar-refractivity contribution is 5.75. The van der Waals surface area contributed by atoms with E-state index in [0.29, 0.717) is 0 Å². The number of hydrogen-bond acceptors (Lipinski definition) is 9. The van der Waals surface area contributed by atoms with Crippen LogP contribution in [0.15, 0.2) is 5.11 Å². The van der Waals surface area contributed by atoms with Gasteiger partial charge in [-0.25, -0.2) is 0 Å². The zero-order valence-electron chi connectivity index (χ0n) is 15.1. The number of ether oxygens (including phenoxy) is 4. The third-order valence-electron chi connectivity index (χ3n) is 3.86. The highest BCUT2D eigenvalue weighted by Crippen LogP contribution is 2.36. The average Bonchev–Trinajstić information content (AvgIpc) is 2.49. The van der Waals surface area contributed by atoms with E-state index in [1.807, 2.05) is 0 Å². The van der Waals surface area contributed by atoms with Crippen LogP contribution in [0.5, 0.6) is 0 Å². The van der Waals surface area contributed by atoms with Crippen LogP contribution >= 0.6 is 0 Å². The lowest BCUT2D eigenvalue weighted by molar-refractivity contribution is -0.784. The van der Waals surface area contributed by atoms with Crippen molar-refractivity contribution in [1.82, 2.24) is 0 Å². The van der Waals surface area contributed by atoms with Crippen LogP contribution < -0.4 is 0 Å². The van der Waals surface area contributed by atoms with Crippen molar-refractivity contribution < 1.29 is 33.7 Å². The van der Waals surface area contributed by atoms with Crippen molar-refractivity contribution >= 4 is 5.97 Å². The molecule has 2 saturated heterocycles. The van der Waals surface area contributed by atoms with Gasteiger partial charge in [0.1, 0.15) is 24.4 Å². The third kappa shape index (κ3) is 4.52. The van der Waals surface area contributed by atoms with Gasteiger partial charge >= 0.3 is 5.97 Å². The number of hydrogen-bond donors (Lipinski definition) is 0. The molecule has 2 aliphatic rings. The van der Waals surface area contributed by atoms with Crippen molar-refractivity contribution in [2.24, 2.45) is 10.5 Å². The summed E-state index contributed by atoms with van der Waals surface area (Å²) in [4.78, 5) is 30.3. The van der Waals surface area contributed by atoms with Crippen LogP contribution in [-0.2, 0) is 28.6 Å². The Morgan fingerprint density at radius 1 is 1.42 bits per heavy atom. The Labute approximate surface area is 149 Å². The molecule has 0 radical (unpaired) electrons. The Kier molecular flexibility index (Phi) is 5.61. The Bertz CT molecular complexity index is 613. The minimum absolute atomic E-state index is 0.0296. The van der Waals surface area contributed by atoms with Gasteiger partial charge in [0.2, 0.25) is 6.29 Å². The van der Waals surface area contributed by atoms with Gasteiger partial charge in [-0.05, 0) is 40.1 Å². The standard InChI is InChI=1S/C14H22N4O8/c1-13(2,3)12(19)24-10-8(16-17-15)11(26-18(20)21)23-7-6-22-14(4,5)25-9(7)10/h7-11H,6H2,1-5H3/t7-,8-,9-,10-,11+/m1/s1. The predicted octanol–water partition coefficient (Wildman–Crippen LogP) is 1.71. The van der Waals surface area contributed by atoms with E-state index >= 15 is 0 Å². The van der Waals surface area contributed by atoms with Gasteiger partial charge in [-0.1, -0.05) is 5.11 Å². The Morgan fingerprint density at radius 3 is 2.62 bits per heavy atom. The number of rotatable bonds is 4. The van der Waals surface area contributed by atoms with Crippen LogP contribution in [-0.4, -0.2) is 54.1 Å². The molecule has 2 fully saturated rings. The lowest BCUT2D eigenvalue weighted by atomic mass is 9.93. The SMILES string of the molecule is CC1(C)OC[C@H]2O[C@@H](O[N+](=O)[O-])[C@H](N=[N+]=[N-])[C@@H](OC(=O)C(C)(C)C)[C@@H]2O1. The van der Waals surface area contributed by atoms with Crippen LogP contribution in [0.2, 0.25) is 0 Å². The van der Waals surface area contributed by atoms with Crippen LogP contribution in [0.25, 0.3) is 10.4 Å². The van der Waals surface area contributed by atoms with E-state index in [1.165, 1.54) is 0 Å². The van der Waals surface area contributed by atoms with E-state index in [2.05, 4.69) is 14.9 Å². The maximum atomic E-state index is 12.4. The zero-order chi connectivity index (χ0) is 19.7. The van der Waals surface area contributed by atoms with Crippen molar-refractivity contribution in [2.45, 2.75) is 71.0 Å². The number of fused-ring (bicyclic) bond motifs is 1. The number of carbonyl (C=O) groups is 1. The van der Waals surface area contributed by atoms with Crippen LogP contribution in [0.1, 0.15) is 34.6 Å². The van der Waals surface area contributed by atoms with Gasteiger partial charge in [0.25, 0.3) is 5.09 Å². The van der Waals surface area contributed by atoms with Crippen LogP contribution in [0, 0.1) is 15.5 Å². The average molecular weight is 374 g/mol. The molecule has 0 aromatic heterocycles. The van der Waals surface area contributed by atoms with E-state index in [0.717, 1.165) is 0 Å². The molecule has 2 aliphatic heterocycles. The van der Waals surface area contributed by atoms with Crippen molar-refractivity contribution in [1.29, 1.82) is 0 Å². The lowest BCUT2D eigenvalue weighted by Gasteiger charge is -2.49. The molecule has 0 saturated carbocycles. The summed E-state index contributed by atoms with van der Waals surface area (Å²) >= 11 is 0. The monoisotopic (exact) mass is 374 g/mol. The molecule has 26 heavy (non-hydrogen) atoms. The molecule has 0 N–H and O–H groups in total. The van der Waals surface area contributed by atoms with Crippen molar-refractivity contribution in [2.75, 3.05) is 6.61 Å². The Hall–Kier alpha value is -2.14. The summed E-state index contributed by atoms with van der Waals surface area (Å²) in [5.74, 6) is -1.59. The summed E-state index contributed by atoms with van der Waals surface area (Å²) in [5.41, 5.74) is 8.00. The first-order valence-electron chi connectivity index (χ1n) is 7.98. The molecule has 2 rings (SSSR count). The maximum Gasteiger partial charge on any atom is 0.311 e. The molecule has 146 valence electrons. The highest BCUT2D eigenvalue weighted by Gasteiger charge is 2.54. The fraction of sp³-hybridized carbons (Fsp3) is 0.929. The molecule has 12 heteroatoms. The van der Waals surface area contributed by atoms with Gasteiger partial charge in [0.15, 0.2) is 5.79 Å². The van der Waals surface area contributed by atoms with Crippen LogP contribution in [0.3, 0.4) is 0 Å². The van der Waals surface area contributed by atoms with Gasteiger partial charge in [0.05, 0.1) is 12.0 Å². The number of esters is 1. The molecular formula is C14H22N4O8. The third-order valence-corrected chi connectivity index (χ3v) is 3.86. The topological polar surface area (TPSA) is 155 Å². The van der Waals surface area contributed by atoms with Gasteiger partial charge in [-0.3, -0.25) is 9.63 Å². The second-order valence-corrected chi connectivity index (χ2v) is 7.48. The largest absolute Gasteiger partial charge is 0.458 e. The lowest BCUT2D eigenvalue weighted by Crippen LogP contribution is -2.65. The molecule has 0 amide bonds. The fourth-order valence-corrected chi connectivity index (χ4v) is 2.60. The first kappa shape index (κ1) is 20.2. The first-order chi connectivity index (χ1) is 11.9.